The Balaban J connectivity index is 1.20. The Hall–Kier alpha value is -2.42. The van der Waals surface area contributed by atoms with E-state index in [2.05, 4.69) is 9.88 Å². The van der Waals surface area contributed by atoms with E-state index in [4.69, 9.17) is 20.8 Å². The molecule has 0 N–H and O–H groups in total. The van der Waals surface area contributed by atoms with Gasteiger partial charge < -0.3 is 19.0 Å². The van der Waals surface area contributed by atoms with Gasteiger partial charge in [0.1, 0.15) is 0 Å². The summed E-state index contributed by atoms with van der Waals surface area (Å²) in [6.45, 7) is 5.65. The fourth-order valence-corrected chi connectivity index (χ4v) is 3.93. The normalized spacial score (nSPS) is 17.7. The molecule has 2 aliphatic rings. The highest BCUT2D eigenvalue weighted by molar-refractivity contribution is 6.30. The van der Waals surface area contributed by atoms with Gasteiger partial charge in [0.15, 0.2) is 11.7 Å². The van der Waals surface area contributed by atoms with Crippen molar-refractivity contribution in [1.29, 1.82) is 0 Å². The number of ether oxygens (including phenoxy) is 1. The van der Waals surface area contributed by atoms with Crippen LogP contribution in [-0.4, -0.2) is 90.5 Å². The summed E-state index contributed by atoms with van der Waals surface area (Å²) in [5, 5.41) is 0.666. The van der Waals surface area contributed by atoms with Crippen molar-refractivity contribution >= 4 is 23.4 Å². The first-order valence-electron chi connectivity index (χ1n) is 10.6. The van der Waals surface area contributed by atoms with Crippen LogP contribution in [0.1, 0.15) is 12.3 Å². The Morgan fingerprint density at radius 1 is 0.935 bits per heavy atom. The predicted molar refractivity (Wildman–Crippen MR) is 116 cm³/mol. The van der Waals surface area contributed by atoms with Crippen molar-refractivity contribution in [3.05, 3.63) is 41.4 Å². The number of aryl methyl sites for hydroxylation is 1. The number of piperazine rings is 1. The number of hydrogen-bond donors (Lipinski definition) is 0. The summed E-state index contributed by atoms with van der Waals surface area (Å²) in [6, 6.07) is 7.36. The number of amides is 2. The Bertz CT molecular complexity index is 887. The number of nitrogens with zero attached hydrogens (tertiary/aromatic N) is 4. The number of hydrogen-bond acceptors (Lipinski definition) is 6. The van der Waals surface area contributed by atoms with Crippen LogP contribution in [0.25, 0.3) is 11.3 Å². The summed E-state index contributed by atoms with van der Waals surface area (Å²) in [5.74, 6) is 1.44. The SMILES string of the molecule is O=C(CCc1ncc(-c2ccc(Cl)cc2)o1)N1CCN(CC(=O)N2CCOCC2)CC1. The van der Waals surface area contributed by atoms with E-state index in [1.54, 1.807) is 18.3 Å². The minimum Gasteiger partial charge on any atom is -0.441 e. The van der Waals surface area contributed by atoms with Gasteiger partial charge in [0.25, 0.3) is 0 Å². The smallest absolute Gasteiger partial charge is 0.236 e. The quantitative estimate of drug-likeness (QED) is 0.674. The van der Waals surface area contributed by atoms with E-state index < -0.39 is 0 Å². The molecule has 0 radical (unpaired) electrons. The molecule has 9 heteroatoms. The lowest BCUT2D eigenvalue weighted by Crippen LogP contribution is -2.52. The van der Waals surface area contributed by atoms with Crippen LogP contribution in [0.5, 0.6) is 0 Å². The number of oxazole rings is 1. The Kier molecular flexibility index (Phi) is 7.21. The van der Waals surface area contributed by atoms with Crippen molar-refractivity contribution in [3.63, 3.8) is 0 Å². The van der Waals surface area contributed by atoms with Crippen molar-refractivity contribution < 1.29 is 18.7 Å². The van der Waals surface area contributed by atoms with Crippen molar-refractivity contribution in [2.45, 2.75) is 12.8 Å². The van der Waals surface area contributed by atoms with Gasteiger partial charge in [-0.25, -0.2) is 4.98 Å². The molecule has 0 spiro atoms. The van der Waals surface area contributed by atoms with Crippen LogP contribution in [0, 0.1) is 0 Å². The van der Waals surface area contributed by atoms with Crippen LogP contribution in [0.4, 0.5) is 0 Å². The molecule has 31 heavy (non-hydrogen) atoms. The van der Waals surface area contributed by atoms with Crippen LogP contribution < -0.4 is 0 Å². The zero-order valence-electron chi connectivity index (χ0n) is 17.5. The molecule has 3 heterocycles. The highest BCUT2D eigenvalue weighted by atomic mass is 35.5. The first-order valence-corrected chi connectivity index (χ1v) is 11.0. The van der Waals surface area contributed by atoms with Gasteiger partial charge in [0.2, 0.25) is 11.8 Å². The predicted octanol–water partition coefficient (Wildman–Crippen LogP) is 1.93. The van der Waals surface area contributed by atoms with Gasteiger partial charge in [0, 0.05) is 62.7 Å². The van der Waals surface area contributed by atoms with Crippen LogP contribution in [0.15, 0.2) is 34.9 Å². The Morgan fingerprint density at radius 3 is 2.32 bits per heavy atom. The molecular weight excluding hydrogens is 420 g/mol. The third-order valence-corrected chi connectivity index (χ3v) is 5.93. The minimum absolute atomic E-state index is 0.0883. The van der Waals surface area contributed by atoms with Gasteiger partial charge in [0.05, 0.1) is 26.0 Å². The monoisotopic (exact) mass is 446 g/mol. The van der Waals surface area contributed by atoms with Crippen molar-refractivity contribution in [3.8, 4) is 11.3 Å². The molecule has 4 rings (SSSR count). The van der Waals surface area contributed by atoms with Gasteiger partial charge in [-0.15, -0.1) is 0 Å². The maximum absolute atomic E-state index is 12.6. The molecule has 1 aromatic heterocycles. The van der Waals surface area contributed by atoms with Crippen LogP contribution in [0.2, 0.25) is 5.02 Å². The molecule has 2 saturated heterocycles. The Labute approximate surface area is 186 Å². The average Bonchev–Trinajstić information content (AvgIpc) is 3.28. The fraction of sp³-hybridized carbons (Fsp3) is 0.500. The van der Waals surface area contributed by atoms with Gasteiger partial charge in [-0.1, -0.05) is 11.6 Å². The van der Waals surface area contributed by atoms with E-state index in [9.17, 15) is 9.59 Å². The number of aromatic nitrogens is 1. The number of carbonyl (C=O) groups is 2. The summed E-state index contributed by atoms with van der Waals surface area (Å²) >= 11 is 5.92. The largest absolute Gasteiger partial charge is 0.441 e. The second-order valence-corrected chi connectivity index (χ2v) is 8.21. The number of benzene rings is 1. The number of halogens is 1. The van der Waals surface area contributed by atoms with E-state index >= 15 is 0 Å². The van der Waals surface area contributed by atoms with Crippen molar-refractivity contribution in [2.75, 3.05) is 59.0 Å². The molecule has 0 atom stereocenters. The van der Waals surface area contributed by atoms with Crippen molar-refractivity contribution in [2.24, 2.45) is 0 Å². The standard InChI is InChI=1S/C22H27ClN4O4/c23-18-3-1-17(2-4-18)19-15-24-20(31-19)5-6-21(28)26-9-7-25(8-10-26)16-22(29)27-11-13-30-14-12-27/h1-4,15H,5-14,16H2. The minimum atomic E-state index is 0.0883. The van der Waals surface area contributed by atoms with Gasteiger partial charge in [-0.2, -0.15) is 0 Å². The lowest BCUT2D eigenvalue weighted by atomic mass is 10.2. The first-order chi connectivity index (χ1) is 15.1. The highest BCUT2D eigenvalue weighted by Crippen LogP contribution is 2.22. The summed E-state index contributed by atoms with van der Waals surface area (Å²) in [4.78, 5) is 35.1. The third kappa shape index (κ3) is 5.84. The number of carbonyl (C=O) groups excluding carboxylic acids is 2. The van der Waals surface area contributed by atoms with E-state index in [1.807, 2.05) is 21.9 Å². The van der Waals surface area contributed by atoms with E-state index in [-0.39, 0.29) is 11.8 Å². The van der Waals surface area contributed by atoms with Gasteiger partial charge in [-0.05, 0) is 24.3 Å². The molecule has 0 saturated carbocycles. The molecule has 0 bridgehead atoms. The topological polar surface area (TPSA) is 79.1 Å². The third-order valence-electron chi connectivity index (χ3n) is 5.68. The maximum Gasteiger partial charge on any atom is 0.236 e. The van der Waals surface area contributed by atoms with E-state index in [0.29, 0.717) is 88.5 Å². The lowest BCUT2D eigenvalue weighted by molar-refractivity contribution is -0.138. The molecular formula is C22H27ClN4O4. The van der Waals surface area contributed by atoms with Crippen LogP contribution in [-0.2, 0) is 20.7 Å². The summed E-state index contributed by atoms with van der Waals surface area (Å²) < 4.78 is 11.1. The Morgan fingerprint density at radius 2 is 1.61 bits per heavy atom. The molecule has 2 amide bonds. The molecule has 2 aliphatic heterocycles. The highest BCUT2D eigenvalue weighted by Gasteiger charge is 2.25. The van der Waals surface area contributed by atoms with Crippen molar-refractivity contribution in [1.82, 2.24) is 19.7 Å². The molecule has 8 nitrogen and oxygen atoms in total. The zero-order chi connectivity index (χ0) is 21.6. The molecule has 166 valence electrons. The van der Waals surface area contributed by atoms with E-state index in [1.165, 1.54) is 0 Å². The molecule has 0 aliphatic carbocycles. The maximum atomic E-state index is 12.6. The number of morpholine rings is 1. The molecule has 0 unspecified atom stereocenters. The van der Waals surface area contributed by atoms with Crippen LogP contribution >= 0.6 is 11.6 Å². The second-order valence-electron chi connectivity index (χ2n) is 7.78. The van der Waals surface area contributed by atoms with Crippen LogP contribution in [0.3, 0.4) is 0 Å². The summed E-state index contributed by atoms with van der Waals surface area (Å²) in [5.41, 5.74) is 0.900. The van der Waals surface area contributed by atoms with Gasteiger partial charge in [-0.3, -0.25) is 14.5 Å². The van der Waals surface area contributed by atoms with E-state index in [0.717, 1.165) is 5.56 Å². The first kappa shape index (κ1) is 21.8. The molecule has 1 aromatic carbocycles. The summed E-state index contributed by atoms with van der Waals surface area (Å²) in [6.07, 6.45) is 2.49. The summed E-state index contributed by atoms with van der Waals surface area (Å²) in [7, 11) is 0. The molecule has 2 aromatic rings. The fourth-order valence-electron chi connectivity index (χ4n) is 3.80. The number of rotatable bonds is 6. The zero-order valence-corrected chi connectivity index (χ0v) is 18.2. The van der Waals surface area contributed by atoms with Gasteiger partial charge >= 0.3 is 0 Å². The second kappa shape index (κ2) is 10.3. The average molecular weight is 447 g/mol. The lowest BCUT2D eigenvalue weighted by Gasteiger charge is -2.36. The molecule has 2 fully saturated rings.